The predicted octanol–water partition coefficient (Wildman–Crippen LogP) is 3.61. The molecule has 5 heteroatoms. The first kappa shape index (κ1) is 14.2. The molecule has 0 saturated carbocycles. The van der Waals surface area contributed by atoms with E-state index in [1.807, 2.05) is 6.92 Å². The zero-order valence-corrected chi connectivity index (χ0v) is 13.4. The fraction of sp³-hybridized carbons (Fsp3) is 0.222. The van der Waals surface area contributed by atoms with E-state index in [-0.39, 0.29) is 23.1 Å². The van der Waals surface area contributed by atoms with Gasteiger partial charge in [-0.2, -0.15) is 0 Å². The highest BCUT2D eigenvalue weighted by atomic mass is 32.1. The van der Waals surface area contributed by atoms with E-state index in [4.69, 9.17) is 4.42 Å². The molecule has 116 valence electrons. The fourth-order valence-electron chi connectivity index (χ4n) is 3.14. The molecule has 0 radical (unpaired) electrons. The number of carbonyl (C=O) groups is 1. The summed E-state index contributed by atoms with van der Waals surface area (Å²) in [5.41, 5.74) is 1.46. The Kier molecular flexibility index (Phi) is 3.31. The van der Waals surface area contributed by atoms with Gasteiger partial charge in [-0.3, -0.25) is 9.59 Å². The van der Waals surface area contributed by atoms with Crippen LogP contribution in [0.5, 0.6) is 0 Å². The molecule has 1 atom stereocenters. The lowest BCUT2D eigenvalue weighted by Gasteiger charge is -2.33. The Bertz CT molecular complexity index is 956. The van der Waals surface area contributed by atoms with Crippen LogP contribution in [0.2, 0.25) is 0 Å². The summed E-state index contributed by atoms with van der Waals surface area (Å²) in [5, 5.41) is 2.56. The zero-order valence-electron chi connectivity index (χ0n) is 12.6. The fourth-order valence-corrected chi connectivity index (χ4v) is 4.10. The van der Waals surface area contributed by atoms with Crippen molar-refractivity contribution in [2.24, 2.45) is 0 Å². The van der Waals surface area contributed by atoms with Gasteiger partial charge >= 0.3 is 0 Å². The highest BCUT2D eigenvalue weighted by molar-refractivity contribution is 7.10. The third-order valence-corrected chi connectivity index (χ3v) is 5.38. The minimum atomic E-state index is -0.225. The van der Waals surface area contributed by atoms with Crippen LogP contribution in [0.3, 0.4) is 0 Å². The van der Waals surface area contributed by atoms with Crippen molar-refractivity contribution in [2.75, 3.05) is 6.54 Å². The molecule has 0 N–H and O–H groups in total. The van der Waals surface area contributed by atoms with E-state index in [1.165, 1.54) is 16.5 Å². The lowest BCUT2D eigenvalue weighted by molar-refractivity contribution is 0.0647. The molecule has 4 rings (SSSR count). The summed E-state index contributed by atoms with van der Waals surface area (Å²) in [4.78, 5) is 28.1. The van der Waals surface area contributed by atoms with E-state index in [1.54, 1.807) is 40.5 Å². The highest BCUT2D eigenvalue weighted by Gasteiger charge is 2.30. The standard InChI is InChI=1S/C18H15NO3S/c1-11-12-7-9-23-17(12)6-8-19(11)18(21)16-10-14(20)13-4-2-3-5-15(13)22-16/h2-5,7,9-11H,6,8H2,1H3. The van der Waals surface area contributed by atoms with Crippen LogP contribution >= 0.6 is 11.3 Å². The maximum Gasteiger partial charge on any atom is 0.290 e. The number of hydrogen-bond acceptors (Lipinski definition) is 4. The number of rotatable bonds is 1. The Labute approximate surface area is 137 Å². The van der Waals surface area contributed by atoms with Crippen molar-refractivity contribution in [3.05, 3.63) is 68.2 Å². The maximum atomic E-state index is 12.8. The van der Waals surface area contributed by atoms with Crippen molar-refractivity contribution in [1.29, 1.82) is 0 Å². The second kappa shape index (κ2) is 5.35. The molecule has 0 saturated heterocycles. The zero-order chi connectivity index (χ0) is 16.0. The van der Waals surface area contributed by atoms with Gasteiger partial charge in [-0.15, -0.1) is 11.3 Å². The van der Waals surface area contributed by atoms with Gasteiger partial charge in [-0.05, 0) is 42.5 Å². The molecule has 3 heterocycles. The van der Waals surface area contributed by atoms with Crippen LogP contribution in [0.1, 0.15) is 34.0 Å². The van der Waals surface area contributed by atoms with E-state index < -0.39 is 0 Å². The van der Waals surface area contributed by atoms with Crippen molar-refractivity contribution in [3.8, 4) is 0 Å². The summed E-state index contributed by atoms with van der Waals surface area (Å²) < 4.78 is 5.69. The van der Waals surface area contributed by atoms with E-state index in [2.05, 4.69) is 11.4 Å². The number of nitrogens with zero attached hydrogens (tertiary/aromatic N) is 1. The molecule has 1 amide bonds. The third-order valence-electron chi connectivity index (χ3n) is 4.38. The molecule has 2 aromatic heterocycles. The Morgan fingerprint density at radius 1 is 1.30 bits per heavy atom. The van der Waals surface area contributed by atoms with Crippen LogP contribution in [0.15, 0.2) is 51.0 Å². The number of carbonyl (C=O) groups excluding carboxylic acids is 1. The van der Waals surface area contributed by atoms with Gasteiger partial charge in [0.15, 0.2) is 11.2 Å². The quantitative estimate of drug-likeness (QED) is 0.687. The minimum absolute atomic E-state index is 0.00530. The molecular weight excluding hydrogens is 310 g/mol. The van der Waals surface area contributed by atoms with E-state index >= 15 is 0 Å². The number of para-hydroxylation sites is 1. The van der Waals surface area contributed by atoms with Gasteiger partial charge < -0.3 is 9.32 Å². The van der Waals surface area contributed by atoms with E-state index in [9.17, 15) is 9.59 Å². The average Bonchev–Trinajstić information content (AvgIpc) is 3.04. The summed E-state index contributed by atoms with van der Waals surface area (Å²) in [6.45, 7) is 2.66. The van der Waals surface area contributed by atoms with Crippen molar-refractivity contribution in [2.45, 2.75) is 19.4 Å². The third kappa shape index (κ3) is 2.28. The van der Waals surface area contributed by atoms with Gasteiger partial charge in [0.2, 0.25) is 0 Å². The molecule has 1 aliphatic rings. The summed E-state index contributed by atoms with van der Waals surface area (Å²) in [7, 11) is 0. The van der Waals surface area contributed by atoms with Crippen LogP contribution in [0.25, 0.3) is 11.0 Å². The van der Waals surface area contributed by atoms with Crippen LogP contribution in [0, 0.1) is 0 Å². The maximum absolute atomic E-state index is 12.8. The first-order valence-electron chi connectivity index (χ1n) is 7.55. The normalized spacial score (nSPS) is 17.3. The molecule has 0 fully saturated rings. The molecule has 1 aliphatic heterocycles. The van der Waals surface area contributed by atoms with E-state index in [0.717, 1.165) is 6.42 Å². The molecule has 1 unspecified atom stereocenters. The van der Waals surface area contributed by atoms with Gasteiger partial charge in [0.05, 0.1) is 11.4 Å². The summed E-state index contributed by atoms with van der Waals surface area (Å²) in [6.07, 6.45) is 0.848. The Hall–Kier alpha value is -2.40. The molecular formula is C18H15NO3S. The molecule has 0 aliphatic carbocycles. The van der Waals surface area contributed by atoms with Gasteiger partial charge in [-0.1, -0.05) is 12.1 Å². The van der Waals surface area contributed by atoms with Crippen LogP contribution in [-0.4, -0.2) is 17.4 Å². The highest BCUT2D eigenvalue weighted by Crippen LogP contribution is 2.33. The molecule has 1 aromatic carbocycles. The summed E-state index contributed by atoms with van der Waals surface area (Å²) in [5.74, 6) is -0.114. The first-order valence-corrected chi connectivity index (χ1v) is 8.43. The lowest BCUT2D eigenvalue weighted by atomic mass is 10.0. The Morgan fingerprint density at radius 2 is 2.13 bits per heavy atom. The molecule has 0 spiro atoms. The summed E-state index contributed by atoms with van der Waals surface area (Å²) in [6, 6.07) is 10.4. The number of thiophene rings is 1. The topological polar surface area (TPSA) is 50.5 Å². The van der Waals surface area contributed by atoms with Crippen molar-refractivity contribution in [3.63, 3.8) is 0 Å². The van der Waals surface area contributed by atoms with Crippen LogP contribution < -0.4 is 5.43 Å². The van der Waals surface area contributed by atoms with Crippen LogP contribution in [0.4, 0.5) is 0 Å². The average molecular weight is 325 g/mol. The minimum Gasteiger partial charge on any atom is -0.451 e. The number of amides is 1. The smallest absolute Gasteiger partial charge is 0.290 e. The molecule has 4 nitrogen and oxygen atoms in total. The second-order valence-electron chi connectivity index (χ2n) is 5.69. The molecule has 0 bridgehead atoms. The van der Waals surface area contributed by atoms with Crippen molar-refractivity contribution >= 4 is 28.2 Å². The Morgan fingerprint density at radius 3 is 3.00 bits per heavy atom. The number of fused-ring (bicyclic) bond motifs is 2. The predicted molar refractivity (Wildman–Crippen MR) is 90.0 cm³/mol. The summed E-state index contributed by atoms with van der Waals surface area (Å²) >= 11 is 1.73. The van der Waals surface area contributed by atoms with Gasteiger partial charge in [0.25, 0.3) is 5.91 Å². The SMILES string of the molecule is CC1c2ccsc2CCN1C(=O)c1cc(=O)c2ccccc2o1. The van der Waals surface area contributed by atoms with Crippen molar-refractivity contribution in [1.82, 2.24) is 4.90 Å². The van der Waals surface area contributed by atoms with Gasteiger partial charge in [0.1, 0.15) is 5.58 Å². The number of benzene rings is 1. The molecule has 3 aromatic rings. The second-order valence-corrected chi connectivity index (χ2v) is 6.70. The number of hydrogen-bond donors (Lipinski definition) is 0. The first-order chi connectivity index (χ1) is 11.1. The Balaban J connectivity index is 1.74. The monoisotopic (exact) mass is 325 g/mol. The van der Waals surface area contributed by atoms with Gasteiger partial charge in [0, 0.05) is 17.5 Å². The van der Waals surface area contributed by atoms with E-state index in [0.29, 0.717) is 17.5 Å². The van der Waals surface area contributed by atoms with Crippen molar-refractivity contribution < 1.29 is 9.21 Å². The lowest BCUT2D eigenvalue weighted by Crippen LogP contribution is -2.38. The van der Waals surface area contributed by atoms with Gasteiger partial charge in [-0.25, -0.2) is 0 Å². The molecule has 23 heavy (non-hydrogen) atoms. The largest absolute Gasteiger partial charge is 0.451 e. The van der Waals surface area contributed by atoms with Crippen LogP contribution in [-0.2, 0) is 6.42 Å².